The van der Waals surface area contributed by atoms with E-state index in [1.165, 1.54) is 6.42 Å². The van der Waals surface area contributed by atoms with Crippen molar-refractivity contribution < 1.29 is 4.79 Å². The van der Waals surface area contributed by atoms with Gasteiger partial charge in [0.2, 0.25) is 5.24 Å². The van der Waals surface area contributed by atoms with Gasteiger partial charge in [0, 0.05) is 0 Å². The molecular weight excluding hydrogens is 239 g/mol. The van der Waals surface area contributed by atoms with Crippen molar-refractivity contribution in [2.75, 3.05) is 0 Å². The fraction of sp³-hybridized carbons (Fsp3) is 0.889. The Morgan fingerprint density at radius 2 is 2.00 bits per heavy atom. The summed E-state index contributed by atoms with van der Waals surface area (Å²) in [6.45, 7) is 4.12. The van der Waals surface area contributed by atoms with Crippen molar-refractivity contribution in [1.82, 2.24) is 0 Å². The van der Waals surface area contributed by atoms with Crippen molar-refractivity contribution in [3.8, 4) is 0 Å². The van der Waals surface area contributed by atoms with Gasteiger partial charge < -0.3 is 0 Å². The van der Waals surface area contributed by atoms with Crippen LogP contribution in [0.2, 0.25) is 0 Å². The summed E-state index contributed by atoms with van der Waals surface area (Å²) in [5.41, 5.74) is 0. The predicted molar refractivity (Wildman–Crippen MR) is 57.0 cm³/mol. The molecule has 0 rings (SSSR count). The van der Waals surface area contributed by atoms with Gasteiger partial charge in [-0.05, 0) is 24.4 Å². The third kappa shape index (κ3) is 3.90. The zero-order chi connectivity index (χ0) is 9.61. The van der Waals surface area contributed by atoms with Crippen LogP contribution in [0.1, 0.15) is 46.0 Å². The van der Waals surface area contributed by atoms with Crippen LogP contribution in [0.15, 0.2) is 0 Å². The van der Waals surface area contributed by atoms with Crippen LogP contribution in [-0.2, 0) is 4.79 Å². The second kappa shape index (κ2) is 5.98. The average Bonchev–Trinajstić information content (AvgIpc) is 2.04. The summed E-state index contributed by atoms with van der Waals surface area (Å²) < 4.78 is -0.469. The topological polar surface area (TPSA) is 17.1 Å². The Balaban J connectivity index is 3.88. The monoisotopic (exact) mass is 254 g/mol. The maximum atomic E-state index is 11.0. The maximum absolute atomic E-state index is 11.0. The lowest BCUT2D eigenvalue weighted by atomic mass is 10.00. The van der Waals surface area contributed by atoms with Gasteiger partial charge in [0.05, 0.1) is 4.32 Å². The fourth-order valence-electron chi connectivity index (χ4n) is 1.07. The van der Waals surface area contributed by atoms with Gasteiger partial charge in [-0.25, -0.2) is 0 Å². The first kappa shape index (κ1) is 12.4. The molecule has 0 heterocycles. The number of carbonyl (C=O) groups excluding carboxylic acids is 1. The van der Waals surface area contributed by atoms with Crippen LogP contribution in [0, 0.1) is 0 Å². The highest BCUT2D eigenvalue weighted by molar-refractivity contribution is 9.10. The van der Waals surface area contributed by atoms with E-state index in [1.807, 2.05) is 6.92 Å². The maximum Gasteiger partial charge on any atom is 0.238 e. The molecule has 0 amide bonds. The van der Waals surface area contributed by atoms with E-state index >= 15 is 0 Å². The van der Waals surface area contributed by atoms with E-state index in [9.17, 15) is 4.79 Å². The van der Waals surface area contributed by atoms with Crippen LogP contribution < -0.4 is 0 Å². The predicted octanol–water partition coefficient (Wildman–Crippen LogP) is 3.88. The number of unbranched alkanes of at least 4 members (excludes halogenated alkanes) is 2. The van der Waals surface area contributed by atoms with Gasteiger partial charge in [-0.2, -0.15) is 0 Å². The van der Waals surface area contributed by atoms with Crippen molar-refractivity contribution in [3.63, 3.8) is 0 Å². The van der Waals surface area contributed by atoms with Gasteiger partial charge in [0.25, 0.3) is 0 Å². The molecule has 1 nitrogen and oxygen atoms in total. The molecule has 0 saturated heterocycles. The molecule has 0 aromatic rings. The molecule has 0 aliphatic heterocycles. The van der Waals surface area contributed by atoms with E-state index in [1.54, 1.807) is 0 Å². The zero-order valence-corrected chi connectivity index (χ0v) is 10.0. The minimum atomic E-state index is -0.469. The highest BCUT2D eigenvalue weighted by atomic mass is 79.9. The number of carbonyl (C=O) groups is 1. The summed E-state index contributed by atoms with van der Waals surface area (Å²) in [6, 6.07) is 0. The van der Waals surface area contributed by atoms with Crippen molar-refractivity contribution in [2.24, 2.45) is 0 Å². The molecule has 0 aromatic carbocycles. The molecule has 72 valence electrons. The first-order valence-corrected chi connectivity index (χ1v) is 5.62. The van der Waals surface area contributed by atoms with Gasteiger partial charge in [-0.1, -0.05) is 49.0 Å². The summed E-state index contributed by atoms with van der Waals surface area (Å²) >= 11 is 8.88. The Bertz CT molecular complexity index is 149. The minimum Gasteiger partial charge on any atom is -0.280 e. The molecule has 0 aromatic heterocycles. The molecule has 3 heteroatoms. The molecule has 0 radical (unpaired) electrons. The summed E-state index contributed by atoms with van der Waals surface area (Å²) in [5, 5.41) is -0.263. The summed E-state index contributed by atoms with van der Waals surface area (Å²) in [5.74, 6) is 0. The van der Waals surface area contributed by atoms with Crippen LogP contribution in [0.4, 0.5) is 0 Å². The van der Waals surface area contributed by atoms with E-state index in [0.29, 0.717) is 0 Å². The van der Waals surface area contributed by atoms with Gasteiger partial charge in [-0.15, -0.1) is 0 Å². The minimum absolute atomic E-state index is 0.263. The van der Waals surface area contributed by atoms with E-state index in [2.05, 4.69) is 22.9 Å². The van der Waals surface area contributed by atoms with Crippen molar-refractivity contribution in [1.29, 1.82) is 0 Å². The first-order valence-electron chi connectivity index (χ1n) is 4.45. The Morgan fingerprint density at radius 1 is 1.42 bits per heavy atom. The van der Waals surface area contributed by atoms with Crippen molar-refractivity contribution >= 4 is 32.8 Å². The van der Waals surface area contributed by atoms with Crippen molar-refractivity contribution in [2.45, 2.75) is 50.3 Å². The number of hydrogen-bond donors (Lipinski definition) is 0. The first-order chi connectivity index (χ1) is 5.56. The molecular formula is C9H16BrClO. The molecule has 0 aliphatic rings. The van der Waals surface area contributed by atoms with Gasteiger partial charge in [0.15, 0.2) is 0 Å². The van der Waals surface area contributed by atoms with Gasteiger partial charge >= 0.3 is 0 Å². The van der Waals surface area contributed by atoms with Crippen LogP contribution in [0.3, 0.4) is 0 Å². The van der Waals surface area contributed by atoms with E-state index in [4.69, 9.17) is 11.6 Å². The van der Waals surface area contributed by atoms with Gasteiger partial charge in [-0.3, -0.25) is 4.79 Å². The molecule has 1 unspecified atom stereocenters. The number of halogens is 2. The lowest BCUT2D eigenvalue weighted by Gasteiger charge is -2.20. The van der Waals surface area contributed by atoms with E-state index in [-0.39, 0.29) is 5.24 Å². The Morgan fingerprint density at radius 3 is 2.33 bits per heavy atom. The second-order valence-electron chi connectivity index (χ2n) is 3.05. The molecule has 12 heavy (non-hydrogen) atoms. The van der Waals surface area contributed by atoms with E-state index < -0.39 is 4.32 Å². The third-order valence-electron chi connectivity index (χ3n) is 2.09. The lowest BCUT2D eigenvalue weighted by Crippen LogP contribution is -2.27. The largest absolute Gasteiger partial charge is 0.280 e. The zero-order valence-electron chi connectivity index (χ0n) is 7.70. The summed E-state index contributed by atoms with van der Waals surface area (Å²) in [6.07, 6.45) is 5.01. The Labute approximate surface area is 88.0 Å². The summed E-state index contributed by atoms with van der Waals surface area (Å²) in [7, 11) is 0. The van der Waals surface area contributed by atoms with Crippen molar-refractivity contribution in [3.05, 3.63) is 0 Å². The molecule has 0 aliphatic carbocycles. The highest BCUT2D eigenvalue weighted by Crippen LogP contribution is 2.31. The van der Waals surface area contributed by atoms with Gasteiger partial charge in [0.1, 0.15) is 0 Å². The smallest absolute Gasteiger partial charge is 0.238 e. The molecule has 1 atom stereocenters. The third-order valence-corrected chi connectivity index (χ3v) is 4.00. The summed E-state index contributed by atoms with van der Waals surface area (Å²) in [4.78, 5) is 11.0. The molecule has 0 N–H and O–H groups in total. The molecule has 0 bridgehead atoms. The number of rotatable bonds is 6. The van der Waals surface area contributed by atoms with Crippen LogP contribution in [-0.4, -0.2) is 9.57 Å². The highest BCUT2D eigenvalue weighted by Gasteiger charge is 2.31. The fourth-order valence-corrected chi connectivity index (χ4v) is 1.58. The SMILES string of the molecule is CCCCCC(Br)(CC)C(=O)Cl. The van der Waals surface area contributed by atoms with Crippen LogP contribution in [0.25, 0.3) is 0 Å². The lowest BCUT2D eigenvalue weighted by molar-refractivity contribution is -0.113. The average molecular weight is 256 g/mol. The number of hydrogen-bond acceptors (Lipinski definition) is 1. The quantitative estimate of drug-likeness (QED) is 0.400. The molecule has 0 spiro atoms. The standard InChI is InChI=1S/C9H16BrClO/c1-3-5-6-7-9(10,4-2)8(11)12/h3-7H2,1-2H3. The Hall–Kier alpha value is 0.440. The van der Waals surface area contributed by atoms with E-state index in [0.717, 1.165) is 25.7 Å². The van der Waals surface area contributed by atoms with Crippen LogP contribution in [0.5, 0.6) is 0 Å². The number of alkyl halides is 1. The normalized spacial score (nSPS) is 15.7. The second-order valence-corrected chi connectivity index (χ2v) is 4.91. The molecule has 0 saturated carbocycles. The van der Waals surface area contributed by atoms with Crippen LogP contribution >= 0.6 is 27.5 Å². The molecule has 0 fully saturated rings. The Kier molecular flexibility index (Phi) is 6.20.